The fourth-order valence-electron chi connectivity index (χ4n) is 2.52. The average Bonchev–Trinajstić information content (AvgIpc) is 2.95. The first-order valence-corrected chi connectivity index (χ1v) is 7.37. The lowest BCUT2D eigenvalue weighted by molar-refractivity contribution is 0.0674. The van der Waals surface area contributed by atoms with E-state index in [2.05, 4.69) is 25.5 Å². The molecule has 1 aromatic carbocycles. The van der Waals surface area contributed by atoms with Crippen LogP contribution in [0, 0.1) is 0 Å². The lowest BCUT2D eigenvalue weighted by Crippen LogP contribution is -2.44. The van der Waals surface area contributed by atoms with Gasteiger partial charge in [0.2, 0.25) is 0 Å². The van der Waals surface area contributed by atoms with Gasteiger partial charge in [0.25, 0.3) is 0 Å². The SMILES string of the molecule is NC(=NCCCn1cnc2ccccc21)N1CCOCC1. The smallest absolute Gasteiger partial charge is 0.191 e. The molecule has 2 aromatic rings. The van der Waals surface area contributed by atoms with Gasteiger partial charge in [0, 0.05) is 26.2 Å². The van der Waals surface area contributed by atoms with Gasteiger partial charge in [0.15, 0.2) is 5.96 Å². The van der Waals surface area contributed by atoms with Crippen LogP contribution < -0.4 is 5.73 Å². The number of rotatable bonds is 4. The Morgan fingerprint density at radius 2 is 2.10 bits per heavy atom. The predicted molar refractivity (Wildman–Crippen MR) is 83.2 cm³/mol. The fourth-order valence-corrected chi connectivity index (χ4v) is 2.52. The van der Waals surface area contributed by atoms with Crippen LogP contribution in [0.3, 0.4) is 0 Å². The molecule has 0 aliphatic carbocycles. The molecular weight excluding hydrogens is 266 g/mol. The number of aryl methyl sites for hydroxylation is 1. The summed E-state index contributed by atoms with van der Waals surface area (Å²) in [7, 11) is 0. The fraction of sp³-hybridized carbons (Fsp3) is 0.467. The number of imidazole rings is 1. The van der Waals surface area contributed by atoms with E-state index in [1.54, 1.807) is 0 Å². The molecule has 6 heteroatoms. The molecule has 0 atom stereocenters. The van der Waals surface area contributed by atoms with E-state index in [0.717, 1.165) is 51.3 Å². The Balaban J connectivity index is 1.51. The van der Waals surface area contributed by atoms with Gasteiger partial charge in [0.1, 0.15) is 0 Å². The van der Waals surface area contributed by atoms with Gasteiger partial charge in [-0.15, -0.1) is 0 Å². The molecule has 2 N–H and O–H groups in total. The Morgan fingerprint density at radius 1 is 1.29 bits per heavy atom. The van der Waals surface area contributed by atoms with E-state index in [-0.39, 0.29) is 0 Å². The molecule has 1 saturated heterocycles. The summed E-state index contributed by atoms with van der Waals surface area (Å²) in [6.45, 7) is 4.77. The molecule has 6 nitrogen and oxygen atoms in total. The molecule has 1 aromatic heterocycles. The third-order valence-electron chi connectivity index (χ3n) is 3.69. The number of nitrogens with two attached hydrogens (primary N) is 1. The Morgan fingerprint density at radius 3 is 2.95 bits per heavy atom. The summed E-state index contributed by atoms with van der Waals surface area (Å²) in [5, 5.41) is 0. The van der Waals surface area contributed by atoms with Crippen LogP contribution in [0.4, 0.5) is 0 Å². The van der Waals surface area contributed by atoms with Crippen molar-refractivity contribution in [3.8, 4) is 0 Å². The number of fused-ring (bicyclic) bond motifs is 1. The van der Waals surface area contributed by atoms with Crippen molar-refractivity contribution >= 4 is 17.0 Å². The normalized spacial score (nSPS) is 16.6. The van der Waals surface area contributed by atoms with Crippen LogP contribution in [0.1, 0.15) is 6.42 Å². The number of hydrogen-bond donors (Lipinski definition) is 1. The van der Waals surface area contributed by atoms with E-state index < -0.39 is 0 Å². The molecular formula is C15H21N5O. The van der Waals surface area contributed by atoms with Gasteiger partial charge in [-0.25, -0.2) is 4.98 Å². The highest BCUT2D eigenvalue weighted by Crippen LogP contribution is 2.12. The number of nitrogens with zero attached hydrogens (tertiary/aromatic N) is 4. The monoisotopic (exact) mass is 287 g/mol. The standard InChI is InChI=1S/C15H21N5O/c16-15(19-8-10-21-11-9-19)17-6-3-7-20-12-18-13-4-1-2-5-14(13)20/h1-2,4-5,12H,3,6-11H2,(H2,16,17). The maximum absolute atomic E-state index is 6.00. The Hall–Kier alpha value is -2.08. The van der Waals surface area contributed by atoms with Crippen LogP contribution >= 0.6 is 0 Å². The second kappa shape index (κ2) is 6.58. The first kappa shape index (κ1) is 13.9. The van der Waals surface area contributed by atoms with Gasteiger partial charge < -0.3 is 19.9 Å². The summed E-state index contributed by atoms with van der Waals surface area (Å²) in [6.07, 6.45) is 2.84. The number of aromatic nitrogens is 2. The summed E-state index contributed by atoms with van der Waals surface area (Å²) >= 11 is 0. The van der Waals surface area contributed by atoms with E-state index in [1.807, 2.05) is 24.5 Å². The Labute approximate surface area is 124 Å². The number of aliphatic imine (C=N–C) groups is 1. The summed E-state index contributed by atoms with van der Waals surface area (Å²) in [4.78, 5) is 10.9. The van der Waals surface area contributed by atoms with Gasteiger partial charge in [0.05, 0.1) is 30.6 Å². The van der Waals surface area contributed by atoms with Crippen LogP contribution in [0.2, 0.25) is 0 Å². The molecule has 0 unspecified atom stereocenters. The lowest BCUT2D eigenvalue weighted by Gasteiger charge is -2.27. The second-order valence-electron chi connectivity index (χ2n) is 5.12. The molecule has 2 heterocycles. The number of hydrogen-bond acceptors (Lipinski definition) is 3. The minimum atomic E-state index is 0.633. The minimum Gasteiger partial charge on any atom is -0.378 e. The van der Waals surface area contributed by atoms with E-state index in [9.17, 15) is 0 Å². The van der Waals surface area contributed by atoms with E-state index >= 15 is 0 Å². The number of guanidine groups is 1. The van der Waals surface area contributed by atoms with Gasteiger partial charge in [-0.1, -0.05) is 12.1 Å². The van der Waals surface area contributed by atoms with E-state index in [1.165, 1.54) is 5.52 Å². The number of morpholine rings is 1. The third-order valence-corrected chi connectivity index (χ3v) is 3.69. The quantitative estimate of drug-likeness (QED) is 0.519. The van der Waals surface area contributed by atoms with Crippen molar-refractivity contribution in [2.24, 2.45) is 10.7 Å². The molecule has 3 rings (SSSR count). The number of ether oxygens (including phenoxy) is 1. The maximum Gasteiger partial charge on any atom is 0.191 e. The topological polar surface area (TPSA) is 68.7 Å². The third kappa shape index (κ3) is 3.33. The zero-order valence-electron chi connectivity index (χ0n) is 12.1. The molecule has 1 fully saturated rings. The second-order valence-corrected chi connectivity index (χ2v) is 5.12. The minimum absolute atomic E-state index is 0.633. The highest BCUT2D eigenvalue weighted by molar-refractivity contribution is 5.78. The Bertz CT molecular complexity index is 615. The van der Waals surface area contributed by atoms with Crippen LogP contribution in [0.25, 0.3) is 11.0 Å². The van der Waals surface area contributed by atoms with Crippen LogP contribution in [-0.4, -0.2) is 53.3 Å². The molecule has 0 radical (unpaired) electrons. The molecule has 112 valence electrons. The zero-order chi connectivity index (χ0) is 14.5. The Kier molecular flexibility index (Phi) is 4.35. The zero-order valence-corrected chi connectivity index (χ0v) is 12.1. The highest BCUT2D eigenvalue weighted by atomic mass is 16.5. The molecule has 0 saturated carbocycles. The number of benzene rings is 1. The maximum atomic E-state index is 6.00. The van der Waals surface area contributed by atoms with Gasteiger partial charge in [-0.3, -0.25) is 4.99 Å². The molecule has 0 spiro atoms. The van der Waals surface area contributed by atoms with Crippen LogP contribution in [0.5, 0.6) is 0 Å². The molecule has 0 amide bonds. The van der Waals surface area contributed by atoms with Crippen LogP contribution in [-0.2, 0) is 11.3 Å². The number of para-hydroxylation sites is 2. The molecule has 0 bridgehead atoms. The lowest BCUT2D eigenvalue weighted by atomic mass is 10.3. The highest BCUT2D eigenvalue weighted by Gasteiger charge is 2.11. The van der Waals surface area contributed by atoms with Crippen molar-refractivity contribution in [3.05, 3.63) is 30.6 Å². The first-order valence-electron chi connectivity index (χ1n) is 7.37. The molecule has 1 aliphatic rings. The van der Waals surface area contributed by atoms with Crippen molar-refractivity contribution in [3.63, 3.8) is 0 Å². The van der Waals surface area contributed by atoms with Crippen molar-refractivity contribution in [1.29, 1.82) is 0 Å². The summed E-state index contributed by atoms with van der Waals surface area (Å²) in [5.74, 6) is 0.633. The van der Waals surface area contributed by atoms with Crippen molar-refractivity contribution in [1.82, 2.24) is 14.5 Å². The molecule has 21 heavy (non-hydrogen) atoms. The van der Waals surface area contributed by atoms with Crippen molar-refractivity contribution in [2.45, 2.75) is 13.0 Å². The van der Waals surface area contributed by atoms with Gasteiger partial charge in [-0.05, 0) is 18.6 Å². The molecule has 1 aliphatic heterocycles. The van der Waals surface area contributed by atoms with Crippen molar-refractivity contribution < 1.29 is 4.74 Å². The van der Waals surface area contributed by atoms with E-state index in [4.69, 9.17) is 10.5 Å². The first-order chi connectivity index (χ1) is 10.3. The van der Waals surface area contributed by atoms with Gasteiger partial charge in [-0.2, -0.15) is 0 Å². The summed E-state index contributed by atoms with van der Waals surface area (Å²) in [5.41, 5.74) is 8.20. The van der Waals surface area contributed by atoms with Gasteiger partial charge >= 0.3 is 0 Å². The van der Waals surface area contributed by atoms with Crippen LogP contribution in [0.15, 0.2) is 35.6 Å². The summed E-state index contributed by atoms with van der Waals surface area (Å²) < 4.78 is 7.47. The predicted octanol–water partition coefficient (Wildman–Crippen LogP) is 1.07. The van der Waals surface area contributed by atoms with E-state index in [0.29, 0.717) is 5.96 Å². The average molecular weight is 287 g/mol. The van der Waals surface area contributed by atoms with Crippen molar-refractivity contribution in [2.75, 3.05) is 32.8 Å². The largest absolute Gasteiger partial charge is 0.378 e. The summed E-state index contributed by atoms with van der Waals surface area (Å²) in [6, 6.07) is 8.16.